The summed E-state index contributed by atoms with van der Waals surface area (Å²) < 4.78 is 0. The second kappa shape index (κ2) is 6.29. The van der Waals surface area contributed by atoms with Gasteiger partial charge in [0.2, 0.25) is 0 Å². The van der Waals surface area contributed by atoms with E-state index in [0.717, 1.165) is 25.7 Å². The number of aromatic hydroxyl groups is 2. The van der Waals surface area contributed by atoms with Crippen LogP contribution < -0.4 is 5.32 Å². The molecule has 0 bridgehead atoms. The lowest BCUT2D eigenvalue weighted by molar-refractivity contribution is 0.0928. The van der Waals surface area contributed by atoms with Crippen LogP contribution in [0.3, 0.4) is 0 Å². The van der Waals surface area contributed by atoms with Crippen LogP contribution in [0.15, 0.2) is 18.2 Å². The fraction of sp³-hybridized carbons (Fsp3) is 0.467. The van der Waals surface area contributed by atoms with Crippen molar-refractivity contribution in [3.63, 3.8) is 0 Å². The highest BCUT2D eigenvalue weighted by Crippen LogP contribution is 2.27. The third-order valence-electron chi connectivity index (χ3n) is 3.78. The number of nitriles is 1. The van der Waals surface area contributed by atoms with Crippen LogP contribution >= 0.6 is 0 Å². The largest absolute Gasteiger partial charge is 0.504 e. The molecular weight excluding hydrogens is 256 g/mol. The molecule has 1 amide bonds. The first kappa shape index (κ1) is 14.2. The molecule has 0 saturated heterocycles. The molecule has 0 aliphatic heterocycles. The molecule has 2 rings (SSSR count). The van der Waals surface area contributed by atoms with E-state index in [2.05, 4.69) is 11.4 Å². The molecule has 1 saturated carbocycles. The quantitative estimate of drug-likeness (QED) is 0.737. The summed E-state index contributed by atoms with van der Waals surface area (Å²) in [6.45, 7) is 0. The van der Waals surface area contributed by atoms with Crippen molar-refractivity contribution in [3.8, 4) is 17.6 Å². The summed E-state index contributed by atoms with van der Waals surface area (Å²) in [5, 5.41) is 30.5. The molecule has 106 valence electrons. The van der Waals surface area contributed by atoms with E-state index in [1.165, 1.54) is 24.6 Å². The van der Waals surface area contributed by atoms with Crippen LogP contribution in [0.5, 0.6) is 11.5 Å². The topological polar surface area (TPSA) is 93.4 Å². The van der Waals surface area contributed by atoms with E-state index in [9.17, 15) is 20.3 Å². The molecule has 20 heavy (non-hydrogen) atoms. The molecule has 1 aliphatic rings. The second-order valence-electron chi connectivity index (χ2n) is 5.18. The van der Waals surface area contributed by atoms with E-state index >= 15 is 0 Å². The highest BCUT2D eigenvalue weighted by atomic mass is 16.3. The zero-order valence-corrected chi connectivity index (χ0v) is 11.2. The Hall–Kier alpha value is -2.22. The molecule has 3 N–H and O–H groups in total. The molecule has 5 nitrogen and oxygen atoms in total. The molecule has 1 atom stereocenters. The first-order valence-corrected chi connectivity index (χ1v) is 6.84. The van der Waals surface area contributed by atoms with Gasteiger partial charge in [-0.1, -0.05) is 19.3 Å². The maximum atomic E-state index is 12.1. The number of carbonyl (C=O) groups is 1. The van der Waals surface area contributed by atoms with Crippen LogP contribution in [0.1, 0.15) is 42.5 Å². The predicted octanol–water partition coefficient (Wildman–Crippen LogP) is 2.30. The van der Waals surface area contributed by atoms with Gasteiger partial charge in [0.15, 0.2) is 11.5 Å². The fourth-order valence-corrected chi connectivity index (χ4v) is 2.61. The Balaban J connectivity index is 2.05. The maximum absolute atomic E-state index is 12.1. The minimum atomic E-state index is -0.501. The first-order valence-electron chi connectivity index (χ1n) is 6.84. The summed E-state index contributed by atoms with van der Waals surface area (Å²) in [6.07, 6.45) is 5.30. The Morgan fingerprint density at radius 2 is 1.95 bits per heavy atom. The Labute approximate surface area is 117 Å². The van der Waals surface area contributed by atoms with Gasteiger partial charge in [0.25, 0.3) is 5.91 Å². The van der Waals surface area contributed by atoms with Gasteiger partial charge in [-0.15, -0.1) is 0 Å². The smallest absolute Gasteiger partial charge is 0.252 e. The number of nitrogens with one attached hydrogen (secondary N) is 1. The summed E-state index contributed by atoms with van der Waals surface area (Å²) in [4.78, 5) is 12.1. The second-order valence-corrected chi connectivity index (χ2v) is 5.18. The minimum Gasteiger partial charge on any atom is -0.504 e. The number of rotatable bonds is 3. The summed E-state index contributed by atoms with van der Waals surface area (Å²) in [6, 6.07) is 5.52. The Morgan fingerprint density at radius 1 is 1.25 bits per heavy atom. The molecule has 0 spiro atoms. The van der Waals surface area contributed by atoms with Crippen molar-refractivity contribution in [3.05, 3.63) is 23.8 Å². The average molecular weight is 274 g/mol. The molecule has 1 unspecified atom stereocenters. The summed E-state index contributed by atoms with van der Waals surface area (Å²) in [5.41, 5.74) is 0.233. The van der Waals surface area contributed by atoms with Gasteiger partial charge in [-0.3, -0.25) is 4.79 Å². The molecule has 0 aromatic heterocycles. The van der Waals surface area contributed by atoms with Crippen molar-refractivity contribution in [2.24, 2.45) is 5.92 Å². The summed E-state index contributed by atoms with van der Waals surface area (Å²) in [5.74, 6) is -0.824. The van der Waals surface area contributed by atoms with Gasteiger partial charge in [-0.05, 0) is 37.0 Å². The van der Waals surface area contributed by atoms with Crippen LogP contribution in [0, 0.1) is 17.2 Å². The van der Waals surface area contributed by atoms with Crippen LogP contribution in [0.25, 0.3) is 0 Å². The molecule has 0 radical (unpaired) electrons. The lowest BCUT2D eigenvalue weighted by Crippen LogP contribution is -2.40. The van der Waals surface area contributed by atoms with Gasteiger partial charge < -0.3 is 15.5 Å². The normalized spacial score (nSPS) is 17.1. The van der Waals surface area contributed by atoms with Crippen LogP contribution in [-0.2, 0) is 0 Å². The number of hydrogen-bond donors (Lipinski definition) is 3. The first-order chi connectivity index (χ1) is 9.61. The number of carbonyl (C=O) groups excluding carboxylic acids is 1. The lowest BCUT2D eigenvalue weighted by atomic mass is 9.84. The molecule has 1 aromatic rings. The summed E-state index contributed by atoms with van der Waals surface area (Å²) in [7, 11) is 0. The van der Waals surface area contributed by atoms with E-state index in [4.69, 9.17) is 0 Å². The van der Waals surface area contributed by atoms with E-state index in [-0.39, 0.29) is 23.0 Å². The van der Waals surface area contributed by atoms with Crippen LogP contribution in [0.2, 0.25) is 0 Å². The van der Waals surface area contributed by atoms with Gasteiger partial charge in [-0.25, -0.2) is 0 Å². The maximum Gasteiger partial charge on any atom is 0.252 e. The van der Waals surface area contributed by atoms with Crippen LogP contribution in [0.4, 0.5) is 0 Å². The minimum absolute atomic E-state index is 0.198. The third-order valence-corrected chi connectivity index (χ3v) is 3.78. The molecular formula is C15H18N2O3. The number of benzene rings is 1. The lowest BCUT2D eigenvalue weighted by Gasteiger charge is -2.26. The van der Waals surface area contributed by atoms with Crippen molar-refractivity contribution >= 4 is 5.91 Å². The number of phenolic OH excluding ortho intramolecular Hbond substituents is 2. The average Bonchev–Trinajstić information content (AvgIpc) is 2.48. The third kappa shape index (κ3) is 3.21. The van der Waals surface area contributed by atoms with Gasteiger partial charge in [-0.2, -0.15) is 5.26 Å². The highest BCUT2D eigenvalue weighted by molar-refractivity contribution is 5.95. The SMILES string of the molecule is N#CC(NC(=O)c1ccc(O)c(O)c1)C1CCCCC1. The molecule has 0 heterocycles. The van der Waals surface area contributed by atoms with Crippen molar-refractivity contribution in [2.75, 3.05) is 0 Å². The van der Waals surface area contributed by atoms with E-state index < -0.39 is 11.9 Å². The number of phenols is 2. The van der Waals surface area contributed by atoms with Crippen LogP contribution in [-0.4, -0.2) is 22.2 Å². The number of hydrogen-bond acceptors (Lipinski definition) is 4. The Morgan fingerprint density at radius 3 is 2.55 bits per heavy atom. The zero-order chi connectivity index (χ0) is 14.5. The summed E-state index contributed by atoms with van der Waals surface area (Å²) >= 11 is 0. The van der Waals surface area contributed by atoms with Crippen molar-refractivity contribution in [1.29, 1.82) is 5.26 Å². The predicted molar refractivity (Wildman–Crippen MR) is 73.2 cm³/mol. The van der Waals surface area contributed by atoms with Crippen molar-refractivity contribution in [2.45, 2.75) is 38.1 Å². The van der Waals surface area contributed by atoms with Gasteiger partial charge in [0.1, 0.15) is 6.04 Å². The zero-order valence-electron chi connectivity index (χ0n) is 11.2. The number of amides is 1. The van der Waals surface area contributed by atoms with E-state index in [1.807, 2.05) is 0 Å². The Bertz CT molecular complexity index is 530. The Kier molecular flexibility index (Phi) is 4.46. The van der Waals surface area contributed by atoms with Crippen molar-refractivity contribution < 1.29 is 15.0 Å². The monoisotopic (exact) mass is 274 g/mol. The molecule has 5 heteroatoms. The van der Waals surface area contributed by atoms with E-state index in [1.54, 1.807) is 0 Å². The molecule has 1 fully saturated rings. The standard InChI is InChI=1S/C15H18N2O3/c16-9-12(10-4-2-1-3-5-10)17-15(20)11-6-7-13(18)14(19)8-11/h6-8,10,12,18-19H,1-5H2,(H,17,20). The van der Waals surface area contributed by atoms with E-state index in [0.29, 0.717) is 0 Å². The fourth-order valence-electron chi connectivity index (χ4n) is 2.61. The molecule has 1 aliphatic carbocycles. The number of nitrogens with zero attached hydrogens (tertiary/aromatic N) is 1. The van der Waals surface area contributed by atoms with Gasteiger partial charge in [0.05, 0.1) is 6.07 Å². The highest BCUT2D eigenvalue weighted by Gasteiger charge is 2.25. The molecule has 1 aromatic carbocycles. The van der Waals surface area contributed by atoms with Gasteiger partial charge in [0, 0.05) is 5.56 Å². The van der Waals surface area contributed by atoms with Crippen molar-refractivity contribution in [1.82, 2.24) is 5.32 Å². The van der Waals surface area contributed by atoms with Gasteiger partial charge >= 0.3 is 0 Å².